The van der Waals surface area contributed by atoms with E-state index in [1.54, 1.807) is 0 Å². The topological polar surface area (TPSA) is 74.2 Å². The molecule has 3 saturated heterocycles. The van der Waals surface area contributed by atoms with Gasteiger partial charge in [0, 0.05) is 5.57 Å². The molecule has 3 fully saturated rings. The molecule has 3 aliphatic heterocycles. The van der Waals surface area contributed by atoms with Gasteiger partial charge in [-0.1, -0.05) is 39.3 Å². The molecule has 0 aromatic rings. The number of carbonyl (C=O) groups excluding carboxylic acids is 1. The molecule has 0 bridgehead atoms. The number of ether oxygens (including phenoxy) is 4. The van der Waals surface area contributed by atoms with Crippen molar-refractivity contribution in [2.24, 2.45) is 0 Å². The summed E-state index contributed by atoms with van der Waals surface area (Å²) in [6.07, 6.45) is -1.49. The van der Waals surface area contributed by atoms with Crippen molar-refractivity contribution in [3.63, 3.8) is 0 Å². The summed E-state index contributed by atoms with van der Waals surface area (Å²) in [6, 6.07) is 0. The maximum atomic E-state index is 13.6. The van der Waals surface area contributed by atoms with Crippen LogP contribution in [0.3, 0.4) is 0 Å². The summed E-state index contributed by atoms with van der Waals surface area (Å²) in [5.74, 6) is -1.77. The van der Waals surface area contributed by atoms with Gasteiger partial charge in [0.25, 0.3) is 0 Å². The summed E-state index contributed by atoms with van der Waals surface area (Å²) in [4.78, 5) is 13.6. The maximum absolute atomic E-state index is 13.6. The van der Waals surface area contributed by atoms with E-state index >= 15 is 0 Å². The van der Waals surface area contributed by atoms with Crippen LogP contribution in [0.1, 0.15) is 13.8 Å². The zero-order chi connectivity index (χ0) is 20.9. The molecule has 1 N–H and O–H groups in total. The number of carbonyl (C=O) groups is 1. The summed E-state index contributed by atoms with van der Waals surface area (Å²) in [7, 11) is -3.90. The van der Waals surface area contributed by atoms with E-state index in [-0.39, 0.29) is 12.4 Å². The zero-order valence-electron chi connectivity index (χ0n) is 18.1. The molecular weight excluding hydrogens is 392 g/mol. The van der Waals surface area contributed by atoms with Crippen LogP contribution in [-0.2, 0) is 23.7 Å². The molecule has 6 nitrogen and oxygen atoms in total. The third kappa shape index (κ3) is 2.73. The summed E-state index contributed by atoms with van der Waals surface area (Å²) in [5.41, 5.74) is 1.90. The van der Waals surface area contributed by atoms with Crippen molar-refractivity contribution < 1.29 is 28.8 Å². The number of hydrogen-bond acceptors (Lipinski definition) is 6. The van der Waals surface area contributed by atoms with Gasteiger partial charge in [0.05, 0.1) is 29.4 Å². The quantitative estimate of drug-likeness (QED) is 0.702. The number of fused-ring (bicyclic) bond motifs is 4. The summed E-state index contributed by atoms with van der Waals surface area (Å²) < 4.78 is 25.0. The van der Waals surface area contributed by atoms with E-state index in [1.165, 1.54) is 0 Å². The van der Waals surface area contributed by atoms with Crippen LogP contribution in [0.4, 0.5) is 0 Å². The molecule has 0 saturated carbocycles. The first-order valence-corrected chi connectivity index (χ1v) is 17.0. The minimum atomic E-state index is -2.01. The molecule has 3 heterocycles. The maximum Gasteiger partial charge on any atom is 0.226 e. The van der Waals surface area contributed by atoms with Gasteiger partial charge in [0.15, 0.2) is 11.6 Å². The Hall–Kier alpha value is -0.616. The van der Waals surface area contributed by atoms with Crippen LogP contribution in [0.25, 0.3) is 0 Å². The molecule has 8 heteroatoms. The number of hydrogen-bond donors (Lipinski definition) is 1. The first kappa shape index (κ1) is 20.6. The summed E-state index contributed by atoms with van der Waals surface area (Å²) in [6.45, 7) is 17.1. The predicted molar refractivity (Wildman–Crippen MR) is 110 cm³/mol. The first-order chi connectivity index (χ1) is 12.7. The van der Waals surface area contributed by atoms with E-state index in [1.807, 2.05) is 13.8 Å². The normalized spacial score (nSPS) is 37.5. The largest absolute Gasteiger partial charge is 0.394 e. The Morgan fingerprint density at radius 3 is 2.14 bits per heavy atom. The van der Waals surface area contributed by atoms with Crippen LogP contribution < -0.4 is 0 Å². The van der Waals surface area contributed by atoms with Gasteiger partial charge in [-0.25, -0.2) is 0 Å². The van der Waals surface area contributed by atoms with Crippen LogP contribution in [0.5, 0.6) is 0 Å². The molecule has 1 spiro atoms. The van der Waals surface area contributed by atoms with Crippen molar-refractivity contribution in [1.82, 2.24) is 0 Å². The second kappa shape index (κ2) is 5.97. The summed E-state index contributed by atoms with van der Waals surface area (Å²) >= 11 is 0. The van der Waals surface area contributed by atoms with E-state index in [0.29, 0.717) is 6.61 Å². The number of aliphatic hydroxyl groups excluding tert-OH is 1. The smallest absolute Gasteiger partial charge is 0.226 e. The molecule has 0 amide bonds. The fraction of sp³-hybridized carbons (Fsp3) is 0.750. The van der Waals surface area contributed by atoms with Crippen LogP contribution in [-0.4, -0.2) is 70.1 Å². The monoisotopic (exact) mass is 424 g/mol. The predicted octanol–water partition coefficient (Wildman–Crippen LogP) is 2.55. The Morgan fingerprint density at radius 2 is 1.61 bits per heavy atom. The van der Waals surface area contributed by atoms with Crippen LogP contribution >= 0.6 is 0 Å². The van der Waals surface area contributed by atoms with E-state index in [4.69, 9.17) is 18.9 Å². The van der Waals surface area contributed by atoms with E-state index in [9.17, 15) is 9.90 Å². The lowest BCUT2D eigenvalue weighted by Crippen LogP contribution is -2.46. The molecule has 4 atom stereocenters. The van der Waals surface area contributed by atoms with E-state index in [0.717, 1.165) is 21.5 Å². The fourth-order valence-electron chi connectivity index (χ4n) is 5.11. The number of rotatable bonds is 3. The molecule has 0 unspecified atom stereocenters. The van der Waals surface area contributed by atoms with E-state index < -0.39 is 46.0 Å². The standard InChI is InChI=1S/C20H32O6Si2/c1-19(2)25-15-12(9-21)24-20(18(15)26-19)13-11(10-23-20)16(27(3,4)5)14(22)17(13)28(6,7)8/h12,15,18,21H,9-10H2,1-8H3/t12-,15-,18-,20-/m1/s1. The van der Waals surface area contributed by atoms with Gasteiger partial charge in [-0.3, -0.25) is 4.79 Å². The second-order valence-electron chi connectivity index (χ2n) is 10.7. The highest BCUT2D eigenvalue weighted by Gasteiger charge is 2.69. The van der Waals surface area contributed by atoms with Gasteiger partial charge in [0.1, 0.15) is 18.3 Å². The van der Waals surface area contributed by atoms with Crippen molar-refractivity contribution in [1.29, 1.82) is 0 Å². The minimum Gasteiger partial charge on any atom is -0.394 e. The van der Waals surface area contributed by atoms with Crippen molar-refractivity contribution in [3.8, 4) is 0 Å². The Morgan fingerprint density at radius 1 is 1.00 bits per heavy atom. The van der Waals surface area contributed by atoms with Crippen molar-refractivity contribution in [2.45, 2.75) is 83.0 Å². The third-order valence-electron chi connectivity index (χ3n) is 5.96. The number of aliphatic hydroxyl groups is 1. The average molecular weight is 425 g/mol. The van der Waals surface area contributed by atoms with Gasteiger partial charge in [-0.05, 0) is 29.8 Å². The Kier molecular flexibility index (Phi) is 4.40. The van der Waals surface area contributed by atoms with E-state index in [2.05, 4.69) is 39.3 Å². The summed E-state index contributed by atoms with van der Waals surface area (Å²) in [5, 5.41) is 11.8. The highest BCUT2D eigenvalue weighted by molar-refractivity contribution is 6.94. The van der Waals surface area contributed by atoms with Gasteiger partial charge in [-0.15, -0.1) is 0 Å². The zero-order valence-corrected chi connectivity index (χ0v) is 20.1. The van der Waals surface area contributed by atoms with Gasteiger partial charge in [-0.2, -0.15) is 0 Å². The molecule has 4 rings (SSSR count). The van der Waals surface area contributed by atoms with Crippen molar-refractivity contribution in [3.05, 3.63) is 21.5 Å². The SMILES string of the molecule is CC1(C)O[C@H]2[C@@H](O1)[C@]1(OCC3=C([Si](C)(C)C)C(=O)C([Si](C)(C)C)=C31)O[C@@H]2CO. The molecule has 0 aromatic carbocycles. The third-order valence-corrected chi connectivity index (χ3v) is 9.97. The van der Waals surface area contributed by atoms with Crippen LogP contribution in [0.15, 0.2) is 21.5 Å². The molecule has 156 valence electrons. The first-order valence-electron chi connectivity index (χ1n) is 10.0. The molecule has 1 aliphatic carbocycles. The lowest BCUT2D eigenvalue weighted by atomic mass is 9.96. The van der Waals surface area contributed by atoms with Crippen LogP contribution in [0.2, 0.25) is 39.3 Å². The highest BCUT2D eigenvalue weighted by Crippen LogP contribution is 2.57. The highest BCUT2D eigenvalue weighted by atomic mass is 28.3. The Balaban J connectivity index is 1.94. The molecule has 0 aromatic heterocycles. The van der Waals surface area contributed by atoms with Crippen molar-refractivity contribution in [2.75, 3.05) is 13.2 Å². The van der Waals surface area contributed by atoms with Crippen LogP contribution in [0, 0.1) is 0 Å². The lowest BCUT2D eigenvalue weighted by Gasteiger charge is -2.33. The number of allylic oxidation sites excluding steroid dienone is 2. The number of ketones is 1. The average Bonchev–Trinajstić information content (AvgIpc) is 3.18. The lowest BCUT2D eigenvalue weighted by molar-refractivity contribution is -0.264. The number of Topliss-reactive ketones (excluding diaryl/α,β-unsaturated/α-hetero) is 1. The fourth-order valence-corrected chi connectivity index (χ4v) is 9.03. The second-order valence-corrected chi connectivity index (χ2v) is 20.7. The molecule has 4 aliphatic rings. The molecular formula is C20H32O6Si2. The minimum absolute atomic E-state index is 0.185. The Bertz CT molecular complexity index is 800. The Labute approximate surface area is 168 Å². The van der Waals surface area contributed by atoms with Gasteiger partial charge in [0.2, 0.25) is 5.79 Å². The molecule has 28 heavy (non-hydrogen) atoms. The van der Waals surface area contributed by atoms with Crippen molar-refractivity contribution >= 4 is 21.9 Å². The molecule has 0 radical (unpaired) electrons. The van der Waals surface area contributed by atoms with Gasteiger partial charge < -0.3 is 24.1 Å². The van der Waals surface area contributed by atoms with Gasteiger partial charge >= 0.3 is 0 Å².